The summed E-state index contributed by atoms with van der Waals surface area (Å²) < 4.78 is 0. The van der Waals surface area contributed by atoms with Gasteiger partial charge >= 0.3 is 0 Å². The predicted molar refractivity (Wildman–Crippen MR) is 83.0 cm³/mol. The van der Waals surface area contributed by atoms with Gasteiger partial charge in [-0.25, -0.2) is 0 Å². The molecular weight excluding hydrogens is 286 g/mol. The number of nitrogen functional groups attached to an aromatic ring is 1. The van der Waals surface area contributed by atoms with Crippen LogP contribution in [0.5, 0.6) is 0 Å². The van der Waals surface area contributed by atoms with E-state index in [9.17, 15) is 4.79 Å². The quantitative estimate of drug-likeness (QED) is 0.883. The molecule has 21 heavy (non-hydrogen) atoms. The Kier molecular flexibility index (Phi) is 3.80. The minimum atomic E-state index is -0.0829. The summed E-state index contributed by atoms with van der Waals surface area (Å²) in [7, 11) is 0. The molecule has 0 radical (unpaired) electrons. The van der Waals surface area contributed by atoms with Crippen LogP contribution in [0.4, 0.5) is 5.69 Å². The van der Waals surface area contributed by atoms with Gasteiger partial charge in [0.1, 0.15) is 0 Å². The van der Waals surface area contributed by atoms with Crippen molar-refractivity contribution in [3.05, 3.63) is 58.9 Å². The fraction of sp³-hybridized carbons (Fsp3) is 0.250. The first-order valence-corrected chi connectivity index (χ1v) is 7.29. The number of pyridine rings is 1. The highest BCUT2D eigenvalue weighted by molar-refractivity contribution is 6.36. The highest BCUT2D eigenvalue weighted by atomic mass is 35.5. The number of nitrogens with two attached hydrogens (primary N) is 1. The van der Waals surface area contributed by atoms with E-state index in [-0.39, 0.29) is 11.9 Å². The number of hydrogen-bond acceptors (Lipinski definition) is 3. The van der Waals surface area contributed by atoms with Gasteiger partial charge in [0.15, 0.2) is 0 Å². The van der Waals surface area contributed by atoms with Crippen molar-refractivity contribution in [3.63, 3.8) is 0 Å². The molecule has 1 fully saturated rings. The zero-order valence-electron chi connectivity index (χ0n) is 11.5. The molecular formula is C16H16ClN3O. The molecule has 5 heteroatoms. The van der Waals surface area contributed by atoms with Crippen molar-refractivity contribution in [1.29, 1.82) is 0 Å². The van der Waals surface area contributed by atoms with Crippen LogP contribution >= 0.6 is 11.6 Å². The van der Waals surface area contributed by atoms with Crippen LogP contribution in [0.1, 0.15) is 28.9 Å². The number of benzene rings is 1. The lowest BCUT2D eigenvalue weighted by atomic mass is 10.1. The van der Waals surface area contributed by atoms with E-state index < -0.39 is 0 Å². The monoisotopic (exact) mass is 301 g/mol. The van der Waals surface area contributed by atoms with Gasteiger partial charge in [0, 0.05) is 12.2 Å². The zero-order valence-corrected chi connectivity index (χ0v) is 12.3. The van der Waals surface area contributed by atoms with Crippen molar-refractivity contribution in [2.24, 2.45) is 0 Å². The second-order valence-corrected chi connectivity index (χ2v) is 5.57. The maximum atomic E-state index is 12.8. The molecule has 0 saturated heterocycles. The van der Waals surface area contributed by atoms with Gasteiger partial charge in [-0.2, -0.15) is 0 Å². The van der Waals surface area contributed by atoms with Gasteiger partial charge in [0.25, 0.3) is 5.91 Å². The van der Waals surface area contributed by atoms with Gasteiger partial charge in [-0.05, 0) is 37.1 Å². The molecule has 1 saturated carbocycles. The van der Waals surface area contributed by atoms with Gasteiger partial charge < -0.3 is 10.6 Å². The van der Waals surface area contributed by atoms with Gasteiger partial charge in [-0.3, -0.25) is 9.78 Å². The van der Waals surface area contributed by atoms with E-state index in [4.69, 9.17) is 17.3 Å². The lowest BCUT2D eigenvalue weighted by Gasteiger charge is -2.23. The standard InChI is InChI=1S/C16H16ClN3O/c17-15-13(5-3-6-14(15)18)16(21)20(12-7-8-12)10-11-4-1-2-9-19-11/h1-6,9,12H,7-8,10,18H2. The Bertz CT molecular complexity index is 656. The third-order valence-electron chi connectivity index (χ3n) is 3.57. The van der Waals surface area contributed by atoms with E-state index in [2.05, 4.69) is 4.98 Å². The SMILES string of the molecule is Nc1cccc(C(=O)N(Cc2ccccn2)C2CC2)c1Cl. The first kappa shape index (κ1) is 13.9. The van der Waals surface area contributed by atoms with E-state index in [0.29, 0.717) is 22.8 Å². The summed E-state index contributed by atoms with van der Waals surface area (Å²) in [5.74, 6) is -0.0829. The highest BCUT2D eigenvalue weighted by Gasteiger charge is 2.34. The van der Waals surface area contributed by atoms with Crippen molar-refractivity contribution in [3.8, 4) is 0 Å². The average Bonchev–Trinajstić information content (AvgIpc) is 3.33. The molecule has 0 aliphatic heterocycles. The number of anilines is 1. The number of hydrogen-bond donors (Lipinski definition) is 1. The van der Waals surface area contributed by atoms with Gasteiger partial charge in [0.05, 0.1) is 28.5 Å². The Morgan fingerprint density at radius 3 is 2.76 bits per heavy atom. The molecule has 4 nitrogen and oxygen atoms in total. The summed E-state index contributed by atoms with van der Waals surface area (Å²) in [6.07, 6.45) is 3.79. The van der Waals surface area contributed by atoms with E-state index >= 15 is 0 Å². The number of amides is 1. The summed E-state index contributed by atoms with van der Waals surface area (Å²) in [6.45, 7) is 0.496. The Balaban J connectivity index is 1.87. The minimum Gasteiger partial charge on any atom is -0.398 e. The molecule has 1 heterocycles. The molecule has 0 bridgehead atoms. The van der Waals surface area contributed by atoms with Crippen molar-refractivity contribution in [2.75, 3.05) is 5.73 Å². The second-order valence-electron chi connectivity index (χ2n) is 5.19. The van der Waals surface area contributed by atoms with Crippen LogP contribution in [-0.2, 0) is 6.54 Å². The highest BCUT2D eigenvalue weighted by Crippen LogP contribution is 2.32. The Labute approximate surface area is 128 Å². The van der Waals surface area contributed by atoms with Crippen molar-refractivity contribution >= 4 is 23.2 Å². The summed E-state index contributed by atoms with van der Waals surface area (Å²) in [5.41, 5.74) is 7.55. The molecule has 1 aromatic heterocycles. The number of aromatic nitrogens is 1. The van der Waals surface area contributed by atoms with E-state index in [1.165, 1.54) is 0 Å². The Morgan fingerprint density at radius 2 is 2.10 bits per heavy atom. The molecule has 1 amide bonds. The van der Waals surface area contributed by atoms with Crippen LogP contribution in [-0.4, -0.2) is 21.8 Å². The maximum absolute atomic E-state index is 12.8. The Morgan fingerprint density at radius 1 is 1.29 bits per heavy atom. The molecule has 1 aromatic carbocycles. The first-order chi connectivity index (χ1) is 10.2. The third kappa shape index (κ3) is 3.00. The first-order valence-electron chi connectivity index (χ1n) is 6.91. The van der Waals surface area contributed by atoms with Crippen molar-refractivity contribution < 1.29 is 4.79 Å². The van der Waals surface area contributed by atoms with Crippen LogP contribution < -0.4 is 5.73 Å². The minimum absolute atomic E-state index is 0.0829. The molecule has 0 atom stereocenters. The molecule has 2 aromatic rings. The summed E-state index contributed by atoms with van der Waals surface area (Å²) in [5, 5.41) is 0.328. The summed E-state index contributed by atoms with van der Waals surface area (Å²) in [6, 6.07) is 11.1. The fourth-order valence-corrected chi connectivity index (χ4v) is 2.50. The number of halogens is 1. The summed E-state index contributed by atoms with van der Waals surface area (Å²) in [4.78, 5) is 18.9. The number of carbonyl (C=O) groups excluding carboxylic acids is 1. The molecule has 1 aliphatic carbocycles. The molecule has 108 valence electrons. The number of rotatable bonds is 4. The predicted octanol–water partition coefficient (Wildman–Crippen LogP) is 3.12. The lowest BCUT2D eigenvalue weighted by Crippen LogP contribution is -2.33. The smallest absolute Gasteiger partial charge is 0.256 e. The topological polar surface area (TPSA) is 59.2 Å². The Hall–Kier alpha value is -2.07. The molecule has 2 N–H and O–H groups in total. The van der Waals surface area contributed by atoms with Crippen LogP contribution in [0, 0.1) is 0 Å². The van der Waals surface area contributed by atoms with Gasteiger partial charge in [-0.15, -0.1) is 0 Å². The van der Waals surface area contributed by atoms with Crippen molar-refractivity contribution in [2.45, 2.75) is 25.4 Å². The third-order valence-corrected chi connectivity index (χ3v) is 3.99. The normalized spacial score (nSPS) is 14.0. The zero-order chi connectivity index (χ0) is 14.8. The van der Waals surface area contributed by atoms with Crippen LogP contribution in [0.3, 0.4) is 0 Å². The van der Waals surface area contributed by atoms with E-state index in [0.717, 1.165) is 18.5 Å². The van der Waals surface area contributed by atoms with E-state index in [1.807, 2.05) is 23.1 Å². The molecule has 0 unspecified atom stereocenters. The number of carbonyl (C=O) groups is 1. The van der Waals surface area contributed by atoms with Crippen LogP contribution in [0.15, 0.2) is 42.6 Å². The fourth-order valence-electron chi connectivity index (χ4n) is 2.29. The molecule has 0 spiro atoms. The van der Waals surface area contributed by atoms with E-state index in [1.54, 1.807) is 24.4 Å². The maximum Gasteiger partial charge on any atom is 0.256 e. The molecule has 1 aliphatic rings. The van der Waals surface area contributed by atoms with Crippen LogP contribution in [0.25, 0.3) is 0 Å². The lowest BCUT2D eigenvalue weighted by molar-refractivity contribution is 0.0728. The molecule has 3 rings (SSSR count). The largest absolute Gasteiger partial charge is 0.398 e. The van der Waals surface area contributed by atoms with Gasteiger partial charge in [0.2, 0.25) is 0 Å². The number of nitrogens with zero attached hydrogens (tertiary/aromatic N) is 2. The second kappa shape index (κ2) is 5.74. The van der Waals surface area contributed by atoms with Crippen molar-refractivity contribution in [1.82, 2.24) is 9.88 Å². The van der Waals surface area contributed by atoms with Crippen LogP contribution in [0.2, 0.25) is 5.02 Å². The van der Waals surface area contributed by atoms with Gasteiger partial charge in [-0.1, -0.05) is 23.7 Å². The average molecular weight is 302 g/mol. The summed E-state index contributed by atoms with van der Waals surface area (Å²) >= 11 is 6.17.